The zero-order valence-electron chi connectivity index (χ0n) is 29.5. The van der Waals surface area contributed by atoms with Crippen LogP contribution in [-0.4, -0.2) is 30.5 Å². The highest BCUT2D eigenvalue weighted by atomic mass is 19.1. The fraction of sp³-hybridized carbons (Fsp3) is 0.300. The van der Waals surface area contributed by atoms with E-state index in [4.69, 9.17) is 14.6 Å². The van der Waals surface area contributed by atoms with Crippen molar-refractivity contribution >= 4 is 24.6 Å². The molecule has 7 nitrogen and oxygen atoms in total. The summed E-state index contributed by atoms with van der Waals surface area (Å²) in [4.78, 5) is 21.9. The first-order chi connectivity index (χ1) is 24.0. The van der Waals surface area contributed by atoms with Gasteiger partial charge in [0.1, 0.15) is 48.0 Å². The topological polar surface area (TPSA) is 99.1 Å². The Hall–Kier alpha value is -5.09. The predicted octanol–water partition coefficient (Wildman–Crippen LogP) is 9.29. The number of rotatable bonds is 9. The van der Waals surface area contributed by atoms with Gasteiger partial charge in [-0.05, 0) is 78.3 Å². The van der Waals surface area contributed by atoms with Crippen molar-refractivity contribution in [3.63, 3.8) is 0 Å². The van der Waals surface area contributed by atoms with Gasteiger partial charge in [-0.3, -0.25) is 4.79 Å². The SMILES string of the molecule is C=O.CCC(C)(C)CC1=C(C)C(c2ccc(OCc3ccccc3)cc2F)N(C=O)c2cccc(O)c2N1.CCc1cc(F)cc(F)c1.CO. The molecule has 1 aliphatic rings. The smallest absolute Gasteiger partial charge is 0.215 e. The number of para-hydroxylation sites is 1. The van der Waals surface area contributed by atoms with Crippen molar-refractivity contribution in [1.29, 1.82) is 0 Å². The van der Waals surface area contributed by atoms with Gasteiger partial charge >= 0.3 is 0 Å². The number of nitrogens with one attached hydrogen (secondary N) is 1. The number of phenolic OH excluding ortho intramolecular Hbond substituents is 1. The summed E-state index contributed by atoms with van der Waals surface area (Å²) in [7, 11) is 1.00. The van der Waals surface area contributed by atoms with Crippen LogP contribution < -0.4 is 15.0 Å². The van der Waals surface area contributed by atoms with Crippen LogP contribution in [0.4, 0.5) is 24.5 Å². The van der Waals surface area contributed by atoms with Crippen molar-refractivity contribution in [3.8, 4) is 11.5 Å². The number of hydrogen-bond donors (Lipinski definition) is 3. The number of benzene rings is 4. The number of carbonyl (C=O) groups excluding carboxylic acids is 2. The number of nitrogens with zero attached hydrogens (tertiary/aromatic N) is 1. The average Bonchev–Trinajstić information content (AvgIpc) is 3.23. The second-order valence-electron chi connectivity index (χ2n) is 12.2. The zero-order valence-corrected chi connectivity index (χ0v) is 29.5. The molecule has 1 aliphatic heterocycles. The molecule has 0 saturated heterocycles. The summed E-state index contributed by atoms with van der Waals surface area (Å²) in [6.45, 7) is 12.6. The van der Waals surface area contributed by atoms with Crippen LogP contribution in [0.3, 0.4) is 0 Å². The van der Waals surface area contributed by atoms with Gasteiger partial charge < -0.3 is 30.0 Å². The molecule has 50 heavy (non-hydrogen) atoms. The highest BCUT2D eigenvalue weighted by molar-refractivity contribution is 5.90. The Kier molecular flexibility index (Phi) is 16.3. The number of phenols is 1. The number of amides is 1. The third-order valence-corrected chi connectivity index (χ3v) is 8.31. The van der Waals surface area contributed by atoms with E-state index >= 15 is 4.39 Å². The van der Waals surface area contributed by atoms with Crippen molar-refractivity contribution in [2.45, 2.75) is 66.5 Å². The molecule has 10 heteroatoms. The Morgan fingerprint density at radius 3 is 2.10 bits per heavy atom. The number of ether oxygens (including phenoxy) is 1. The minimum Gasteiger partial charge on any atom is -0.506 e. The number of anilines is 2. The van der Waals surface area contributed by atoms with Gasteiger partial charge in [0.15, 0.2) is 0 Å². The van der Waals surface area contributed by atoms with Crippen molar-refractivity contribution in [3.05, 3.63) is 130 Å². The molecule has 1 atom stereocenters. The molecule has 4 aromatic rings. The first-order valence-electron chi connectivity index (χ1n) is 16.1. The molecule has 0 saturated carbocycles. The Labute approximate surface area is 293 Å². The molecule has 0 radical (unpaired) electrons. The lowest BCUT2D eigenvalue weighted by Gasteiger charge is -2.30. The van der Waals surface area contributed by atoms with Crippen molar-refractivity contribution in [1.82, 2.24) is 0 Å². The van der Waals surface area contributed by atoms with Gasteiger partial charge in [-0.25, -0.2) is 13.2 Å². The zero-order chi connectivity index (χ0) is 37.4. The van der Waals surface area contributed by atoms with Gasteiger partial charge in [0.2, 0.25) is 6.41 Å². The van der Waals surface area contributed by atoms with E-state index in [1.54, 1.807) is 30.3 Å². The molecule has 0 bridgehead atoms. The van der Waals surface area contributed by atoms with E-state index in [2.05, 4.69) is 26.1 Å². The lowest BCUT2D eigenvalue weighted by Crippen LogP contribution is -2.29. The number of aryl methyl sites for hydroxylation is 1. The van der Waals surface area contributed by atoms with Crippen LogP contribution in [0.1, 0.15) is 70.2 Å². The largest absolute Gasteiger partial charge is 0.506 e. The van der Waals surface area contributed by atoms with E-state index in [0.29, 0.717) is 54.1 Å². The van der Waals surface area contributed by atoms with Gasteiger partial charge in [-0.1, -0.05) is 70.5 Å². The van der Waals surface area contributed by atoms with Gasteiger partial charge in [-0.15, -0.1) is 0 Å². The summed E-state index contributed by atoms with van der Waals surface area (Å²) in [5, 5.41) is 21.0. The molecule has 1 unspecified atom stereocenters. The minimum atomic E-state index is -0.691. The molecule has 0 fully saturated rings. The van der Waals surface area contributed by atoms with Gasteiger partial charge in [-0.2, -0.15) is 0 Å². The third kappa shape index (κ3) is 11.0. The quantitative estimate of drug-likeness (QED) is 0.120. The van der Waals surface area contributed by atoms with Crippen LogP contribution in [-0.2, 0) is 22.6 Å². The van der Waals surface area contributed by atoms with Crippen molar-refractivity contribution < 1.29 is 37.7 Å². The minimum absolute atomic E-state index is 0.0322. The summed E-state index contributed by atoms with van der Waals surface area (Å²) in [5.74, 6) is -1.02. The maximum atomic E-state index is 15.6. The van der Waals surface area contributed by atoms with Gasteiger partial charge in [0.25, 0.3) is 0 Å². The summed E-state index contributed by atoms with van der Waals surface area (Å²) in [6, 6.07) is 22.3. The Morgan fingerprint density at radius 1 is 0.900 bits per heavy atom. The molecule has 0 spiro atoms. The number of aliphatic hydroxyl groups excluding tert-OH is 1. The lowest BCUT2D eigenvalue weighted by molar-refractivity contribution is -0.107. The molecule has 268 valence electrons. The number of hydrogen-bond acceptors (Lipinski definition) is 6. The fourth-order valence-electron chi connectivity index (χ4n) is 5.30. The summed E-state index contributed by atoms with van der Waals surface area (Å²) < 4.78 is 46.2. The maximum absolute atomic E-state index is 15.6. The first kappa shape index (κ1) is 41.1. The molecule has 0 aromatic heterocycles. The first-order valence-corrected chi connectivity index (χ1v) is 16.1. The average molecular weight is 693 g/mol. The molecular weight excluding hydrogens is 645 g/mol. The fourth-order valence-corrected chi connectivity index (χ4v) is 5.30. The molecule has 4 aromatic carbocycles. The number of fused-ring (bicyclic) bond motifs is 1. The number of carbonyl (C=O) groups is 2. The second-order valence-corrected chi connectivity index (χ2v) is 12.2. The molecule has 1 amide bonds. The van der Waals surface area contributed by atoms with Crippen LogP contribution in [0.25, 0.3) is 0 Å². The standard InChI is InChI=1S/C30H33FN2O3.C8H8F2.CH4O.CH2O/c1-5-30(3,4)17-25-20(2)29(33(19-34)26-12-9-13-27(35)28(26)32-25)23-15-14-22(16-24(23)31)36-18-21-10-7-6-8-11-21;1-2-6-3-7(9)5-8(10)4-6;2*1-2/h6-16,19,29,32,35H,5,17-18H2,1-4H3;3-5H,2H2,1H3;2H,1H3;1H2. The predicted molar refractivity (Wildman–Crippen MR) is 193 cm³/mol. The van der Waals surface area contributed by atoms with Crippen molar-refractivity contribution in [2.75, 3.05) is 17.3 Å². The van der Waals surface area contributed by atoms with E-state index in [1.165, 1.54) is 23.1 Å². The van der Waals surface area contributed by atoms with Crippen LogP contribution in [0, 0.1) is 22.9 Å². The maximum Gasteiger partial charge on any atom is 0.215 e. The summed E-state index contributed by atoms with van der Waals surface area (Å²) >= 11 is 0. The second kappa shape index (κ2) is 19.8. The Bertz CT molecular complexity index is 1690. The molecule has 5 rings (SSSR count). The Morgan fingerprint density at radius 2 is 1.54 bits per heavy atom. The van der Waals surface area contributed by atoms with E-state index in [9.17, 15) is 18.7 Å². The normalized spacial score (nSPS) is 13.5. The lowest BCUT2D eigenvalue weighted by atomic mass is 9.83. The van der Waals surface area contributed by atoms with E-state index < -0.39 is 23.5 Å². The van der Waals surface area contributed by atoms with Crippen LogP contribution in [0.15, 0.2) is 96.2 Å². The number of aromatic hydroxyl groups is 1. The van der Waals surface area contributed by atoms with Crippen molar-refractivity contribution in [2.24, 2.45) is 5.41 Å². The monoisotopic (exact) mass is 692 g/mol. The van der Waals surface area contributed by atoms with Crippen LogP contribution >= 0.6 is 0 Å². The molecule has 1 heterocycles. The summed E-state index contributed by atoms with van der Waals surface area (Å²) in [5.41, 5.74) is 4.61. The van der Waals surface area contributed by atoms with Gasteiger partial charge in [0.05, 0.1) is 11.7 Å². The highest BCUT2D eigenvalue weighted by Gasteiger charge is 2.34. The van der Waals surface area contributed by atoms with Gasteiger partial charge in [0, 0.05) is 30.5 Å². The number of allylic oxidation sites excluding steroid dienone is 1. The molecular formula is C40H47F3N2O5. The van der Waals surface area contributed by atoms with Crippen LogP contribution in [0.2, 0.25) is 0 Å². The third-order valence-electron chi connectivity index (χ3n) is 8.31. The Balaban J connectivity index is 0.000000523. The molecule has 0 aliphatic carbocycles. The van der Waals surface area contributed by atoms with Crippen LogP contribution in [0.5, 0.6) is 11.5 Å². The number of aliphatic hydroxyl groups is 1. The number of halogens is 3. The van der Waals surface area contributed by atoms with E-state index in [-0.39, 0.29) is 11.2 Å². The highest BCUT2D eigenvalue weighted by Crippen LogP contribution is 2.47. The molecule has 3 N–H and O–H groups in total. The van der Waals surface area contributed by atoms with E-state index in [0.717, 1.165) is 36.4 Å². The summed E-state index contributed by atoms with van der Waals surface area (Å²) in [6.07, 6.45) is 2.96. The van der Waals surface area contributed by atoms with E-state index in [1.807, 2.05) is 51.0 Å².